The predicted molar refractivity (Wildman–Crippen MR) is 76.7 cm³/mol. The van der Waals surface area contributed by atoms with Gasteiger partial charge in [-0.1, -0.05) is 0 Å². The Morgan fingerprint density at radius 3 is 2.58 bits per heavy atom. The molecule has 0 aliphatic rings. The molecular weight excluding hydrogens is 306 g/mol. The van der Waals surface area contributed by atoms with Gasteiger partial charge in [0.05, 0.1) is 22.6 Å². The first-order valence-corrected chi connectivity index (χ1v) is 6.66. The summed E-state index contributed by atoms with van der Waals surface area (Å²) in [6.45, 7) is 3.84. The van der Waals surface area contributed by atoms with Crippen LogP contribution in [0.5, 0.6) is 0 Å². The molecule has 3 rings (SSSR count). The van der Waals surface area contributed by atoms with E-state index in [0.29, 0.717) is 0 Å². The number of aryl methyl sites for hydroxylation is 3. The van der Waals surface area contributed by atoms with Crippen molar-refractivity contribution in [2.24, 2.45) is 7.05 Å². The summed E-state index contributed by atoms with van der Waals surface area (Å²) >= 11 is 3.37. The van der Waals surface area contributed by atoms with Crippen molar-refractivity contribution < 1.29 is 0 Å². The van der Waals surface area contributed by atoms with Crippen LogP contribution in [-0.4, -0.2) is 24.7 Å². The number of hydrogen-bond donors (Lipinski definition) is 0. The van der Waals surface area contributed by atoms with Gasteiger partial charge in [0.1, 0.15) is 15.9 Å². The highest BCUT2D eigenvalue weighted by Gasteiger charge is 2.10. The van der Waals surface area contributed by atoms with Crippen molar-refractivity contribution in [3.05, 3.63) is 34.3 Å². The monoisotopic (exact) mass is 317 g/mol. The summed E-state index contributed by atoms with van der Waals surface area (Å²) in [4.78, 5) is 13.4. The lowest BCUT2D eigenvalue weighted by Crippen LogP contribution is -1.99. The zero-order valence-corrected chi connectivity index (χ0v) is 12.4. The molecule has 3 heterocycles. The van der Waals surface area contributed by atoms with E-state index in [2.05, 4.69) is 36.0 Å². The molecule has 19 heavy (non-hydrogen) atoms. The first-order chi connectivity index (χ1) is 9.04. The number of fused-ring (bicyclic) bond motifs is 1. The van der Waals surface area contributed by atoms with Crippen LogP contribution < -0.4 is 0 Å². The fraction of sp³-hybridized carbons (Fsp3) is 0.231. The third-order valence-corrected chi connectivity index (χ3v) is 3.33. The number of aromatic nitrogens is 5. The molecule has 0 aliphatic heterocycles. The zero-order valence-electron chi connectivity index (χ0n) is 10.8. The standard InChI is InChI=1S/C13H12BrN5/c1-7-13-10(16-8(2)15-7)5-4-9(17-13)11-6-12(14)18-19(11)3/h4-6H,1-3H3. The van der Waals surface area contributed by atoms with E-state index in [1.165, 1.54) is 0 Å². The van der Waals surface area contributed by atoms with Crippen molar-refractivity contribution in [2.75, 3.05) is 0 Å². The van der Waals surface area contributed by atoms with E-state index in [9.17, 15) is 0 Å². The summed E-state index contributed by atoms with van der Waals surface area (Å²) in [5.41, 5.74) is 4.42. The molecule has 0 amide bonds. The minimum Gasteiger partial charge on any atom is -0.265 e. The number of rotatable bonds is 1. The Balaban J connectivity index is 2.24. The molecule has 3 aromatic rings. The second-order valence-electron chi connectivity index (χ2n) is 4.40. The van der Waals surface area contributed by atoms with Gasteiger partial charge in [-0.15, -0.1) is 0 Å². The fourth-order valence-electron chi connectivity index (χ4n) is 2.12. The van der Waals surface area contributed by atoms with Crippen LogP contribution in [0.1, 0.15) is 11.5 Å². The highest BCUT2D eigenvalue weighted by atomic mass is 79.9. The maximum atomic E-state index is 4.65. The van der Waals surface area contributed by atoms with E-state index in [1.54, 1.807) is 4.68 Å². The van der Waals surface area contributed by atoms with Gasteiger partial charge in [-0.25, -0.2) is 15.0 Å². The summed E-state index contributed by atoms with van der Waals surface area (Å²) in [6, 6.07) is 5.87. The second kappa shape index (κ2) is 4.38. The van der Waals surface area contributed by atoms with E-state index in [-0.39, 0.29) is 0 Å². The lowest BCUT2D eigenvalue weighted by molar-refractivity contribution is 0.766. The van der Waals surface area contributed by atoms with Gasteiger partial charge in [0.15, 0.2) is 0 Å². The Kier molecular flexibility index (Phi) is 2.82. The van der Waals surface area contributed by atoms with Crippen LogP contribution in [-0.2, 0) is 7.05 Å². The van der Waals surface area contributed by atoms with E-state index in [1.807, 2.05) is 39.1 Å². The normalized spacial score (nSPS) is 11.2. The van der Waals surface area contributed by atoms with Gasteiger partial charge in [-0.3, -0.25) is 4.68 Å². The Morgan fingerprint density at radius 1 is 1.11 bits per heavy atom. The average Bonchev–Trinajstić information content (AvgIpc) is 2.68. The summed E-state index contributed by atoms with van der Waals surface area (Å²) in [7, 11) is 1.89. The number of nitrogens with zero attached hydrogens (tertiary/aromatic N) is 5. The smallest absolute Gasteiger partial charge is 0.128 e. The number of hydrogen-bond acceptors (Lipinski definition) is 4. The molecule has 0 unspecified atom stereocenters. The van der Waals surface area contributed by atoms with Crippen molar-refractivity contribution in [3.8, 4) is 11.4 Å². The van der Waals surface area contributed by atoms with Crippen LogP contribution in [0.3, 0.4) is 0 Å². The summed E-state index contributed by atoms with van der Waals surface area (Å²) < 4.78 is 2.59. The summed E-state index contributed by atoms with van der Waals surface area (Å²) in [6.07, 6.45) is 0. The van der Waals surface area contributed by atoms with Crippen molar-refractivity contribution in [3.63, 3.8) is 0 Å². The fourth-order valence-corrected chi connectivity index (χ4v) is 2.57. The molecule has 0 saturated heterocycles. The first kappa shape index (κ1) is 12.2. The SMILES string of the molecule is Cc1nc(C)c2nc(-c3cc(Br)nn3C)ccc2n1. The molecule has 3 aromatic heterocycles. The maximum Gasteiger partial charge on any atom is 0.128 e. The van der Waals surface area contributed by atoms with Crippen LogP contribution in [0.4, 0.5) is 0 Å². The second-order valence-corrected chi connectivity index (χ2v) is 5.21. The van der Waals surface area contributed by atoms with Crippen molar-refractivity contribution in [1.29, 1.82) is 0 Å². The van der Waals surface area contributed by atoms with Gasteiger partial charge in [0.25, 0.3) is 0 Å². The summed E-state index contributed by atoms with van der Waals surface area (Å²) in [5.74, 6) is 0.767. The Hall–Kier alpha value is -1.82. The van der Waals surface area contributed by atoms with Crippen molar-refractivity contribution >= 4 is 27.0 Å². The molecule has 0 atom stereocenters. The Labute approximate surface area is 118 Å². The van der Waals surface area contributed by atoms with Crippen molar-refractivity contribution in [2.45, 2.75) is 13.8 Å². The quantitative estimate of drug-likeness (QED) is 0.692. The first-order valence-electron chi connectivity index (χ1n) is 5.86. The molecule has 0 aromatic carbocycles. The molecule has 0 N–H and O–H groups in total. The van der Waals surface area contributed by atoms with Gasteiger partial charge < -0.3 is 0 Å². The molecule has 0 spiro atoms. The van der Waals surface area contributed by atoms with Crippen LogP contribution >= 0.6 is 15.9 Å². The maximum absolute atomic E-state index is 4.65. The van der Waals surface area contributed by atoms with Gasteiger partial charge in [0.2, 0.25) is 0 Å². The van der Waals surface area contributed by atoms with Crippen LogP contribution in [0.15, 0.2) is 22.8 Å². The van der Waals surface area contributed by atoms with Crippen molar-refractivity contribution in [1.82, 2.24) is 24.7 Å². The topological polar surface area (TPSA) is 56.5 Å². The van der Waals surface area contributed by atoms with Gasteiger partial charge in [-0.05, 0) is 41.9 Å². The summed E-state index contributed by atoms with van der Waals surface area (Å²) in [5, 5.41) is 4.27. The Morgan fingerprint density at radius 2 is 1.89 bits per heavy atom. The molecule has 0 aliphatic carbocycles. The largest absolute Gasteiger partial charge is 0.265 e. The third-order valence-electron chi connectivity index (χ3n) is 2.94. The van der Waals surface area contributed by atoms with Crippen LogP contribution in [0.25, 0.3) is 22.4 Å². The lowest BCUT2D eigenvalue weighted by Gasteiger charge is -2.05. The van der Waals surface area contributed by atoms with Gasteiger partial charge in [-0.2, -0.15) is 5.10 Å². The van der Waals surface area contributed by atoms with Gasteiger partial charge >= 0.3 is 0 Å². The highest BCUT2D eigenvalue weighted by molar-refractivity contribution is 9.10. The molecule has 0 saturated carbocycles. The highest BCUT2D eigenvalue weighted by Crippen LogP contribution is 2.23. The lowest BCUT2D eigenvalue weighted by atomic mass is 10.2. The molecular formula is C13H12BrN5. The number of pyridine rings is 1. The third kappa shape index (κ3) is 2.12. The molecule has 0 radical (unpaired) electrons. The Bertz CT molecular complexity index is 778. The predicted octanol–water partition coefficient (Wildman–Crippen LogP) is 2.80. The van der Waals surface area contributed by atoms with E-state index >= 15 is 0 Å². The minimum atomic E-state index is 0.767. The molecule has 6 heteroatoms. The van der Waals surface area contributed by atoms with Crippen LogP contribution in [0.2, 0.25) is 0 Å². The zero-order chi connectivity index (χ0) is 13.6. The van der Waals surface area contributed by atoms with E-state index in [4.69, 9.17) is 0 Å². The molecule has 0 fully saturated rings. The number of halogens is 1. The average molecular weight is 318 g/mol. The molecule has 0 bridgehead atoms. The van der Waals surface area contributed by atoms with Gasteiger partial charge in [0, 0.05) is 13.1 Å². The van der Waals surface area contributed by atoms with E-state index < -0.39 is 0 Å². The van der Waals surface area contributed by atoms with Crippen LogP contribution in [0, 0.1) is 13.8 Å². The minimum absolute atomic E-state index is 0.767. The van der Waals surface area contributed by atoms with E-state index in [0.717, 1.165) is 38.5 Å². The molecule has 5 nitrogen and oxygen atoms in total. The molecule has 96 valence electrons.